The second-order valence-electron chi connectivity index (χ2n) is 2.90. The molecule has 0 aromatic carbocycles. The fourth-order valence-electron chi connectivity index (χ4n) is 0.893. The molecule has 184 valence electrons. The maximum atomic E-state index is 10.4. The monoisotopic (exact) mass is 530 g/mol. The third-order valence-corrected chi connectivity index (χ3v) is 1.88. The molecular formula is C8H32N4NiO14S2+6. The molecule has 18 nitrogen and oxygen atoms in total. The molecule has 0 atom stereocenters. The van der Waals surface area contributed by atoms with E-state index < -0.39 is 22.9 Å². The molecule has 21 heteroatoms. The summed E-state index contributed by atoms with van der Waals surface area (Å²) in [5.41, 5.74) is -0.937. The van der Waals surface area contributed by atoms with Gasteiger partial charge < -0.3 is 74.9 Å². The zero-order valence-corrected chi connectivity index (χ0v) is 17.0. The molecule has 0 bridgehead atoms. The molecule has 2 aromatic rings. The smallest absolute Gasteiger partial charge is 0.860 e. The predicted octanol–water partition coefficient (Wildman–Crippen LogP) is -9.82. The van der Waals surface area contributed by atoms with Crippen LogP contribution in [0, 0.1) is 9.54 Å². The van der Waals surface area contributed by atoms with Crippen LogP contribution in [0.5, 0.6) is 11.8 Å². The van der Waals surface area contributed by atoms with Crippen LogP contribution in [-0.4, -0.2) is 41.8 Å². The second kappa shape index (κ2) is 33.5. The number of aromatic nitrogens is 4. The first-order chi connectivity index (χ1) is 8.36. The van der Waals surface area contributed by atoms with Crippen LogP contribution in [0.4, 0.5) is 0 Å². The minimum absolute atomic E-state index is 0. The molecule has 2 aromatic heterocycles. The minimum Gasteiger partial charge on any atom is -0.860 e. The van der Waals surface area contributed by atoms with Crippen molar-refractivity contribution in [1.29, 1.82) is 0 Å². The first kappa shape index (κ1) is 71.4. The quantitative estimate of drug-likeness (QED) is 0.145. The molecule has 2 heterocycles. The van der Waals surface area contributed by atoms with Gasteiger partial charge in [-0.2, -0.15) is 0 Å². The first-order valence-corrected chi connectivity index (χ1v) is 5.20. The van der Waals surface area contributed by atoms with Crippen molar-refractivity contribution in [3.8, 4) is 11.8 Å². The number of rotatable bonds is 0. The Balaban J connectivity index is -0.0000000180. The van der Waals surface area contributed by atoms with Crippen LogP contribution in [0.2, 0.25) is 0 Å². The molecule has 2 rings (SSSR count). The van der Waals surface area contributed by atoms with Crippen LogP contribution >= 0.6 is 24.4 Å². The Bertz CT molecular complexity index is 655. The Labute approximate surface area is 180 Å². The van der Waals surface area contributed by atoms with Gasteiger partial charge in [-0.15, -0.1) is 0 Å². The molecule has 0 saturated heterocycles. The Morgan fingerprint density at radius 1 is 0.586 bits per heavy atom. The maximum absolute atomic E-state index is 10.4. The largest absolute Gasteiger partial charge is 2.00 e. The second-order valence-corrected chi connectivity index (χ2v) is 3.72. The van der Waals surface area contributed by atoms with E-state index in [1.165, 1.54) is 0 Å². The third kappa shape index (κ3) is 30.8. The zero-order chi connectivity index (χ0) is 13.7. The molecule has 30 N–H and O–H groups in total. The van der Waals surface area contributed by atoms with Crippen molar-refractivity contribution in [2.45, 2.75) is 0 Å². The van der Waals surface area contributed by atoms with Crippen molar-refractivity contribution in [1.82, 2.24) is 19.9 Å². The van der Waals surface area contributed by atoms with Crippen molar-refractivity contribution in [3.63, 3.8) is 0 Å². The number of aromatic amines is 4. The molecule has 0 unspecified atom stereocenters. The van der Waals surface area contributed by atoms with Gasteiger partial charge in [-0.3, -0.25) is 19.6 Å². The minimum atomic E-state index is -0.469. The molecule has 0 aliphatic rings. The van der Waals surface area contributed by atoms with Crippen molar-refractivity contribution in [2.75, 3.05) is 0 Å². The van der Waals surface area contributed by atoms with Crippen molar-refractivity contribution < 1.29 is 81.5 Å². The molecule has 0 aliphatic carbocycles. The number of nitrogens with one attached hydrogen (secondary N) is 4. The van der Waals surface area contributed by atoms with Gasteiger partial charge in [0.15, 0.2) is 9.54 Å². The van der Waals surface area contributed by atoms with E-state index >= 15 is 0 Å². The Kier molecular flexibility index (Phi) is 82.4. The summed E-state index contributed by atoms with van der Waals surface area (Å²) in [5, 5.41) is 20.7. The molecule has 0 radical (unpaired) electrons. The summed E-state index contributed by atoms with van der Waals surface area (Å²) in [5.74, 6) is -0.937. The van der Waals surface area contributed by atoms with Crippen LogP contribution in [0.25, 0.3) is 0 Å². The van der Waals surface area contributed by atoms with Gasteiger partial charge in [-0.05, 0) is 36.2 Å². The maximum Gasteiger partial charge on any atom is 2.00 e. The number of H-pyrrole nitrogens is 4. The van der Waals surface area contributed by atoms with E-state index in [0.717, 1.165) is 12.1 Å². The summed E-state index contributed by atoms with van der Waals surface area (Å²) in [7, 11) is 0. The van der Waals surface area contributed by atoms with Crippen molar-refractivity contribution in [2.24, 2.45) is 0 Å². The van der Waals surface area contributed by atoms with Gasteiger partial charge in [-0.1, -0.05) is 0 Å². The average molecular weight is 531 g/mol. The standard InChI is InChI=1S/2C4H4N2O2S.Ni.10H2O/c2*7-2-1-3(8)6-4(9)5-2;;;;;;;;;;;/h2*1H,(H3,5,6,7,8,9);;10*1H2/q;;+2;;;;;;;;;;/p+4. The molecule has 0 amide bonds. The van der Waals surface area contributed by atoms with E-state index in [1.54, 1.807) is 0 Å². The zero-order valence-electron chi connectivity index (χ0n) is 14.4. The number of hydrogen-bond acceptors (Lipinski definition) is 6. The van der Waals surface area contributed by atoms with Crippen LogP contribution < -0.4 is 21.3 Å². The summed E-state index contributed by atoms with van der Waals surface area (Å²) in [4.78, 5) is 29.6. The Morgan fingerprint density at radius 3 is 0.931 bits per heavy atom. The summed E-state index contributed by atoms with van der Waals surface area (Å²) in [6.07, 6.45) is 0. The van der Waals surface area contributed by atoms with Crippen LogP contribution in [-0.2, 0) is 49.3 Å². The molecule has 0 fully saturated rings. The van der Waals surface area contributed by atoms with Gasteiger partial charge in [0.2, 0.25) is 0 Å². The summed E-state index contributed by atoms with van der Waals surface area (Å²) in [6.45, 7) is 0. The fourth-order valence-corrected chi connectivity index (χ4v) is 1.29. The van der Waals surface area contributed by atoms with Gasteiger partial charge in [0, 0.05) is 12.1 Å². The van der Waals surface area contributed by atoms with Gasteiger partial charge in [-0.25, -0.2) is 0 Å². The molecule has 0 saturated carbocycles. The number of hydrogen-bond donors (Lipinski definition) is 4. The van der Waals surface area contributed by atoms with Gasteiger partial charge in [0.25, 0.3) is 11.1 Å². The van der Waals surface area contributed by atoms with E-state index in [1.807, 2.05) is 0 Å². The third-order valence-electron chi connectivity index (χ3n) is 1.47. The Morgan fingerprint density at radius 2 is 0.793 bits per heavy atom. The van der Waals surface area contributed by atoms with E-state index in [0.29, 0.717) is 0 Å². The van der Waals surface area contributed by atoms with Crippen LogP contribution in [0.1, 0.15) is 0 Å². The predicted molar refractivity (Wildman–Crippen MR) is 107 cm³/mol. The van der Waals surface area contributed by atoms with Crippen LogP contribution in [0.3, 0.4) is 0 Å². The first-order valence-electron chi connectivity index (χ1n) is 4.38. The van der Waals surface area contributed by atoms with Crippen LogP contribution in [0.15, 0.2) is 21.7 Å². The van der Waals surface area contributed by atoms with E-state index in [9.17, 15) is 19.8 Å². The summed E-state index contributed by atoms with van der Waals surface area (Å²) < 4.78 is 0.125. The fraction of sp³-hybridized carbons (Fsp3) is 0. The molecular weight excluding hydrogens is 499 g/mol. The average Bonchev–Trinajstić information content (AvgIpc) is 2.12. The van der Waals surface area contributed by atoms with E-state index in [4.69, 9.17) is 0 Å². The summed E-state index contributed by atoms with van der Waals surface area (Å²) in [6, 6.07) is 1.80. The SMILES string of the molecule is O.O.O.O.O=c1cc([O-])[nH]c(=S)[nH]1.O=c1cc([O-])[nH]c(=S)[nH]1.[Ni+2].[OH3+].[OH3+].[OH3+].[OH3+].[OH3+].[OH3+]. The van der Waals surface area contributed by atoms with Gasteiger partial charge >= 0.3 is 16.5 Å². The Hall–Kier alpha value is -2.11. The molecule has 0 aliphatic heterocycles. The normalized spacial score (nSPS) is 5.79. The van der Waals surface area contributed by atoms with E-state index in [-0.39, 0.29) is 80.8 Å². The van der Waals surface area contributed by atoms with E-state index in [2.05, 4.69) is 44.4 Å². The topological polar surface area (TPSA) is 467 Å². The summed E-state index contributed by atoms with van der Waals surface area (Å²) >= 11 is 8.95. The molecule has 0 spiro atoms. The van der Waals surface area contributed by atoms with Crippen molar-refractivity contribution in [3.05, 3.63) is 42.4 Å². The van der Waals surface area contributed by atoms with Crippen molar-refractivity contribution >= 4 is 24.4 Å². The van der Waals surface area contributed by atoms with Gasteiger partial charge in [0.1, 0.15) is 0 Å². The van der Waals surface area contributed by atoms with Gasteiger partial charge in [0.05, 0.1) is 0 Å². The molecule has 29 heavy (non-hydrogen) atoms.